The van der Waals surface area contributed by atoms with Crippen LogP contribution in [0.2, 0.25) is 5.15 Å². The van der Waals surface area contributed by atoms with Crippen molar-refractivity contribution in [2.75, 3.05) is 5.32 Å². The number of rotatable bonds is 4. The summed E-state index contributed by atoms with van der Waals surface area (Å²) in [4.78, 5) is 6.63. The predicted octanol–water partition coefficient (Wildman–Crippen LogP) is 5.84. The van der Waals surface area contributed by atoms with Gasteiger partial charge in [0, 0.05) is 27.0 Å². The van der Waals surface area contributed by atoms with Crippen LogP contribution in [-0.2, 0) is 6.54 Å². The molecule has 0 spiro atoms. The molecule has 0 amide bonds. The second kappa shape index (κ2) is 6.60. The maximum absolute atomic E-state index is 6.07. The molecule has 2 nitrogen and oxygen atoms in total. The first-order valence-electron chi connectivity index (χ1n) is 6.41. The lowest BCUT2D eigenvalue weighted by molar-refractivity contribution is 1.17. The molecule has 0 saturated carbocycles. The van der Waals surface area contributed by atoms with Crippen molar-refractivity contribution >= 4 is 44.6 Å². The van der Waals surface area contributed by atoms with E-state index in [2.05, 4.69) is 62.6 Å². The number of benzene rings is 1. The lowest BCUT2D eigenvalue weighted by atomic mass is 10.2. The molecule has 0 fully saturated rings. The second-order valence-electron chi connectivity index (χ2n) is 4.48. The molecule has 0 saturated heterocycles. The number of nitrogens with zero attached hydrogens (tertiary/aromatic N) is 1. The molecular weight excluding hydrogens is 368 g/mol. The fraction of sp³-hybridized carbons (Fsp3) is 0.0625. The van der Waals surface area contributed by atoms with Crippen molar-refractivity contribution < 1.29 is 0 Å². The molecular formula is C16H12BrClN2S. The number of nitrogens with one attached hydrogen (secondary N) is 1. The summed E-state index contributed by atoms with van der Waals surface area (Å²) in [6, 6.07) is 16.6. The van der Waals surface area contributed by atoms with Gasteiger partial charge in [0.1, 0.15) is 0 Å². The summed E-state index contributed by atoms with van der Waals surface area (Å²) in [5.41, 5.74) is 2.08. The smallest absolute Gasteiger partial charge is 0.152 e. The zero-order valence-electron chi connectivity index (χ0n) is 11.0. The highest BCUT2D eigenvalue weighted by Gasteiger charge is 2.05. The van der Waals surface area contributed by atoms with Gasteiger partial charge in [0.05, 0.1) is 5.69 Å². The van der Waals surface area contributed by atoms with Crippen LogP contribution in [0.1, 0.15) is 4.88 Å². The summed E-state index contributed by atoms with van der Waals surface area (Å²) in [6.07, 6.45) is 1.69. The van der Waals surface area contributed by atoms with Crippen molar-refractivity contribution in [2.45, 2.75) is 6.54 Å². The summed E-state index contributed by atoms with van der Waals surface area (Å²) >= 11 is 11.2. The molecule has 0 bridgehead atoms. The maximum Gasteiger partial charge on any atom is 0.152 e. The Morgan fingerprint density at radius 2 is 1.95 bits per heavy atom. The first kappa shape index (κ1) is 14.6. The third-order valence-electron chi connectivity index (χ3n) is 2.98. The number of halogens is 2. The monoisotopic (exact) mass is 378 g/mol. The van der Waals surface area contributed by atoms with E-state index in [-0.39, 0.29) is 0 Å². The molecule has 2 heterocycles. The van der Waals surface area contributed by atoms with Crippen LogP contribution >= 0.6 is 38.9 Å². The first-order valence-corrected chi connectivity index (χ1v) is 8.40. The first-order chi connectivity index (χ1) is 10.2. The van der Waals surface area contributed by atoms with E-state index >= 15 is 0 Å². The summed E-state index contributed by atoms with van der Waals surface area (Å²) < 4.78 is 0.908. The summed E-state index contributed by atoms with van der Waals surface area (Å²) in [5.74, 6) is 0. The van der Waals surface area contributed by atoms with Crippen LogP contribution < -0.4 is 5.32 Å². The minimum Gasteiger partial charge on any atom is -0.378 e. The molecule has 21 heavy (non-hydrogen) atoms. The quantitative estimate of drug-likeness (QED) is 0.576. The Labute approximate surface area is 140 Å². The number of hydrogen-bond acceptors (Lipinski definition) is 3. The van der Waals surface area contributed by atoms with Crippen LogP contribution in [0.3, 0.4) is 0 Å². The number of pyridine rings is 1. The van der Waals surface area contributed by atoms with Gasteiger partial charge >= 0.3 is 0 Å². The van der Waals surface area contributed by atoms with Crippen LogP contribution in [0.5, 0.6) is 0 Å². The third-order valence-corrected chi connectivity index (χ3v) is 4.85. The Bertz CT molecular complexity index is 743. The van der Waals surface area contributed by atoms with E-state index in [0.29, 0.717) is 5.15 Å². The summed E-state index contributed by atoms with van der Waals surface area (Å²) in [5, 5.41) is 3.81. The Morgan fingerprint density at radius 1 is 1.14 bits per heavy atom. The van der Waals surface area contributed by atoms with Gasteiger partial charge in [0.25, 0.3) is 0 Å². The molecule has 0 aliphatic rings. The molecule has 1 aromatic carbocycles. The number of thiophene rings is 1. The zero-order valence-corrected chi connectivity index (χ0v) is 14.2. The average Bonchev–Trinajstić information content (AvgIpc) is 2.98. The molecule has 2 aromatic heterocycles. The van der Waals surface area contributed by atoms with Gasteiger partial charge in [-0.25, -0.2) is 4.98 Å². The van der Waals surface area contributed by atoms with E-state index in [0.717, 1.165) is 16.7 Å². The van der Waals surface area contributed by atoms with Gasteiger partial charge in [-0.3, -0.25) is 0 Å². The van der Waals surface area contributed by atoms with Crippen molar-refractivity contribution in [3.63, 3.8) is 0 Å². The Kier molecular flexibility index (Phi) is 4.58. The highest BCUT2D eigenvalue weighted by Crippen LogP contribution is 2.29. The standard InChI is InChI=1S/C16H12BrClN2S/c17-12-8-14(16(18)20-9-12)19-10-13-6-7-15(21-13)11-4-2-1-3-5-11/h1-9,19H,10H2. The van der Waals surface area contributed by atoms with Crippen molar-refractivity contribution in [1.82, 2.24) is 4.98 Å². The van der Waals surface area contributed by atoms with E-state index in [1.165, 1.54) is 15.3 Å². The lowest BCUT2D eigenvalue weighted by Crippen LogP contribution is -1.98. The van der Waals surface area contributed by atoms with E-state index in [1.54, 1.807) is 17.5 Å². The molecule has 5 heteroatoms. The van der Waals surface area contributed by atoms with E-state index in [1.807, 2.05) is 12.1 Å². The van der Waals surface area contributed by atoms with Crippen LogP contribution in [0.15, 0.2) is 59.2 Å². The Morgan fingerprint density at radius 3 is 2.76 bits per heavy atom. The number of aromatic nitrogens is 1. The van der Waals surface area contributed by atoms with Crippen LogP contribution in [0, 0.1) is 0 Å². The average molecular weight is 380 g/mol. The molecule has 3 rings (SSSR count). The van der Waals surface area contributed by atoms with Crippen LogP contribution in [-0.4, -0.2) is 4.98 Å². The third kappa shape index (κ3) is 3.64. The van der Waals surface area contributed by atoms with Crippen molar-refractivity contribution in [2.24, 2.45) is 0 Å². The zero-order chi connectivity index (χ0) is 14.7. The maximum atomic E-state index is 6.07. The molecule has 0 atom stereocenters. The molecule has 0 radical (unpaired) electrons. The van der Waals surface area contributed by atoms with Crippen LogP contribution in [0.25, 0.3) is 10.4 Å². The SMILES string of the molecule is Clc1ncc(Br)cc1NCc1ccc(-c2ccccc2)s1. The lowest BCUT2D eigenvalue weighted by Gasteiger charge is -2.06. The molecule has 3 aromatic rings. The van der Waals surface area contributed by atoms with E-state index in [4.69, 9.17) is 11.6 Å². The van der Waals surface area contributed by atoms with Gasteiger partial charge in [-0.2, -0.15) is 0 Å². The van der Waals surface area contributed by atoms with Crippen molar-refractivity contribution in [3.8, 4) is 10.4 Å². The largest absolute Gasteiger partial charge is 0.378 e. The minimum atomic E-state index is 0.484. The van der Waals surface area contributed by atoms with Crippen LogP contribution in [0.4, 0.5) is 5.69 Å². The molecule has 0 aliphatic carbocycles. The number of hydrogen-bond donors (Lipinski definition) is 1. The Balaban J connectivity index is 1.72. The highest BCUT2D eigenvalue weighted by atomic mass is 79.9. The van der Waals surface area contributed by atoms with E-state index < -0.39 is 0 Å². The topological polar surface area (TPSA) is 24.9 Å². The van der Waals surface area contributed by atoms with Gasteiger partial charge < -0.3 is 5.32 Å². The fourth-order valence-corrected chi connectivity index (χ4v) is 3.41. The fourth-order valence-electron chi connectivity index (χ4n) is 1.96. The van der Waals surface area contributed by atoms with Gasteiger partial charge in [-0.15, -0.1) is 11.3 Å². The van der Waals surface area contributed by atoms with Crippen molar-refractivity contribution in [1.29, 1.82) is 0 Å². The predicted molar refractivity (Wildman–Crippen MR) is 94.0 cm³/mol. The van der Waals surface area contributed by atoms with Gasteiger partial charge in [0.2, 0.25) is 0 Å². The Hall–Kier alpha value is -1.36. The second-order valence-corrected chi connectivity index (χ2v) is 6.92. The normalized spacial score (nSPS) is 10.6. The summed E-state index contributed by atoms with van der Waals surface area (Å²) in [7, 11) is 0. The molecule has 0 unspecified atom stereocenters. The van der Waals surface area contributed by atoms with E-state index in [9.17, 15) is 0 Å². The highest BCUT2D eigenvalue weighted by molar-refractivity contribution is 9.10. The molecule has 0 aliphatic heterocycles. The van der Waals surface area contributed by atoms with Crippen molar-refractivity contribution in [3.05, 3.63) is 69.2 Å². The number of anilines is 1. The van der Waals surface area contributed by atoms with Gasteiger partial charge in [-0.1, -0.05) is 41.9 Å². The molecule has 1 N–H and O–H groups in total. The molecule has 106 valence electrons. The minimum absolute atomic E-state index is 0.484. The summed E-state index contributed by atoms with van der Waals surface area (Å²) in [6.45, 7) is 0.732. The van der Waals surface area contributed by atoms with Gasteiger partial charge in [0.15, 0.2) is 5.15 Å². The van der Waals surface area contributed by atoms with Gasteiger partial charge in [-0.05, 0) is 39.7 Å².